The van der Waals surface area contributed by atoms with E-state index in [0.717, 1.165) is 29.8 Å². The van der Waals surface area contributed by atoms with Gasteiger partial charge in [-0.2, -0.15) is 0 Å². The van der Waals surface area contributed by atoms with Gasteiger partial charge in [0, 0.05) is 35.1 Å². The van der Waals surface area contributed by atoms with Crippen molar-refractivity contribution in [1.82, 2.24) is 14.5 Å². The predicted octanol–water partition coefficient (Wildman–Crippen LogP) is 4.29. The molecule has 1 atom stereocenters. The molecule has 2 heterocycles. The van der Waals surface area contributed by atoms with Gasteiger partial charge in [-0.05, 0) is 47.7 Å². The maximum atomic E-state index is 12.3. The highest BCUT2D eigenvalue weighted by Crippen LogP contribution is 2.43. The van der Waals surface area contributed by atoms with Gasteiger partial charge in [-0.1, -0.05) is 41.4 Å². The van der Waals surface area contributed by atoms with Crippen LogP contribution in [-0.2, 0) is 6.54 Å². The summed E-state index contributed by atoms with van der Waals surface area (Å²) >= 11 is 12.9. The first-order valence-corrected chi connectivity index (χ1v) is 10.1. The van der Waals surface area contributed by atoms with E-state index in [2.05, 4.69) is 9.88 Å². The van der Waals surface area contributed by atoms with E-state index < -0.39 is 0 Å². The number of hydrogen-bond donors (Lipinski definition) is 2. The van der Waals surface area contributed by atoms with E-state index in [4.69, 9.17) is 23.2 Å². The number of para-hydroxylation sites is 1. The lowest BCUT2D eigenvalue weighted by molar-refractivity contribution is 0.230. The van der Waals surface area contributed by atoms with Crippen LogP contribution in [0, 0.1) is 0 Å². The Labute approximate surface area is 172 Å². The topological polar surface area (TPSA) is 61.3 Å². The van der Waals surface area contributed by atoms with E-state index in [0.29, 0.717) is 21.8 Å². The van der Waals surface area contributed by atoms with Gasteiger partial charge in [0.05, 0.1) is 11.9 Å². The van der Waals surface area contributed by atoms with E-state index in [1.54, 1.807) is 6.07 Å². The van der Waals surface area contributed by atoms with Crippen LogP contribution in [0.25, 0.3) is 5.69 Å². The van der Waals surface area contributed by atoms with Crippen LogP contribution in [0.1, 0.15) is 35.4 Å². The summed E-state index contributed by atoms with van der Waals surface area (Å²) in [6.45, 7) is 1.63. The number of nitrogens with zero attached hydrogens (tertiary/aromatic N) is 2. The van der Waals surface area contributed by atoms with Crippen molar-refractivity contribution in [2.24, 2.45) is 0 Å². The van der Waals surface area contributed by atoms with Crippen LogP contribution < -0.4 is 5.69 Å². The lowest BCUT2D eigenvalue weighted by Gasteiger charge is -2.36. The number of imidazole rings is 1. The van der Waals surface area contributed by atoms with E-state index in [1.807, 2.05) is 30.3 Å². The van der Waals surface area contributed by atoms with Crippen molar-refractivity contribution < 1.29 is 5.11 Å². The molecular weight excluding hydrogens is 397 g/mol. The zero-order valence-corrected chi connectivity index (χ0v) is 16.5. The number of H-pyrrole nitrogens is 1. The Bertz CT molecular complexity index is 1120. The summed E-state index contributed by atoms with van der Waals surface area (Å²) < 4.78 is 1.30. The summed E-state index contributed by atoms with van der Waals surface area (Å²) in [5.74, 6) is -0.116. The van der Waals surface area contributed by atoms with E-state index >= 15 is 0 Å². The Balaban J connectivity index is 1.71. The Morgan fingerprint density at radius 2 is 1.89 bits per heavy atom. The minimum Gasteiger partial charge on any atom is -0.493 e. The average Bonchev–Trinajstić information content (AvgIpc) is 3.47. The van der Waals surface area contributed by atoms with Crippen molar-refractivity contribution in [3.05, 3.63) is 79.8 Å². The van der Waals surface area contributed by atoms with Gasteiger partial charge in [-0.15, -0.1) is 0 Å². The third-order valence-electron chi connectivity index (χ3n) is 5.72. The number of aromatic hydroxyl groups is 1. The van der Waals surface area contributed by atoms with Gasteiger partial charge < -0.3 is 10.1 Å². The molecule has 0 radical (unpaired) electrons. The van der Waals surface area contributed by atoms with Crippen LogP contribution in [0.15, 0.2) is 47.4 Å². The van der Waals surface area contributed by atoms with Gasteiger partial charge >= 0.3 is 5.69 Å². The van der Waals surface area contributed by atoms with Gasteiger partial charge in [-0.3, -0.25) is 4.90 Å². The maximum absolute atomic E-state index is 12.3. The summed E-state index contributed by atoms with van der Waals surface area (Å²) in [5.41, 5.74) is 3.43. The summed E-state index contributed by atoms with van der Waals surface area (Å²) in [6, 6.07) is 12.0. The standard InChI is InChI=1S/C21H19Cl2N3O2/c22-12-7-15-16(10-25(13-5-6-13)11-17(15)18(23)8-12)14-3-1-2-4-19(14)26-20(27)9-24-21(26)28/h1-4,7-9,13,16,27H,5-6,10-11H2,(H,24,28)/t16-/m0/s1. The number of fused-ring (bicyclic) bond motifs is 1. The van der Waals surface area contributed by atoms with Crippen molar-refractivity contribution in [3.8, 4) is 11.6 Å². The monoisotopic (exact) mass is 415 g/mol. The van der Waals surface area contributed by atoms with Crippen molar-refractivity contribution in [2.45, 2.75) is 31.3 Å². The molecule has 28 heavy (non-hydrogen) atoms. The molecule has 1 aliphatic heterocycles. The molecule has 0 saturated heterocycles. The van der Waals surface area contributed by atoms with E-state index in [-0.39, 0.29) is 17.5 Å². The number of aromatic nitrogens is 2. The van der Waals surface area contributed by atoms with Gasteiger partial charge in [-0.25, -0.2) is 9.36 Å². The molecule has 0 bridgehead atoms. The zero-order valence-electron chi connectivity index (χ0n) is 15.0. The Hall–Kier alpha value is -2.21. The number of hydrogen-bond acceptors (Lipinski definition) is 3. The summed E-state index contributed by atoms with van der Waals surface area (Å²) in [5, 5.41) is 11.5. The van der Waals surface area contributed by atoms with Gasteiger partial charge in [0.2, 0.25) is 5.88 Å². The SMILES string of the molecule is O=c1[nH]cc(O)n1-c1ccccc1[C@@H]1CN(C2CC2)Cc2c(Cl)cc(Cl)cc21. The second-order valence-corrected chi connectivity index (χ2v) is 8.36. The molecule has 1 aliphatic carbocycles. The molecule has 1 aromatic heterocycles. The highest BCUT2D eigenvalue weighted by Gasteiger charge is 2.37. The number of nitrogens with one attached hydrogen (secondary N) is 1. The smallest absolute Gasteiger partial charge is 0.333 e. The number of halogens is 2. The lowest BCUT2D eigenvalue weighted by Crippen LogP contribution is -2.36. The van der Waals surface area contributed by atoms with Gasteiger partial charge in [0.25, 0.3) is 0 Å². The molecule has 7 heteroatoms. The first-order chi connectivity index (χ1) is 13.5. The first-order valence-electron chi connectivity index (χ1n) is 9.33. The molecule has 3 aromatic rings. The van der Waals surface area contributed by atoms with Gasteiger partial charge in [0.1, 0.15) is 0 Å². The predicted molar refractivity (Wildman–Crippen MR) is 110 cm³/mol. The third kappa shape index (κ3) is 2.94. The highest BCUT2D eigenvalue weighted by molar-refractivity contribution is 6.35. The van der Waals surface area contributed by atoms with Crippen LogP contribution in [0.3, 0.4) is 0 Å². The normalized spacial score (nSPS) is 19.6. The number of rotatable bonds is 3. The molecule has 0 unspecified atom stereocenters. The molecule has 0 amide bonds. The quantitative estimate of drug-likeness (QED) is 0.670. The molecule has 0 spiro atoms. The minimum atomic E-state index is -0.371. The summed E-state index contributed by atoms with van der Waals surface area (Å²) in [6.07, 6.45) is 3.71. The van der Waals surface area contributed by atoms with Crippen LogP contribution >= 0.6 is 23.2 Å². The van der Waals surface area contributed by atoms with Crippen LogP contribution in [0.2, 0.25) is 10.0 Å². The second-order valence-electron chi connectivity index (χ2n) is 7.51. The molecule has 5 rings (SSSR count). The van der Waals surface area contributed by atoms with Crippen molar-refractivity contribution in [1.29, 1.82) is 0 Å². The fourth-order valence-corrected chi connectivity index (χ4v) is 4.83. The maximum Gasteiger partial charge on any atom is 0.333 e. The molecule has 1 fully saturated rings. The van der Waals surface area contributed by atoms with Gasteiger partial charge in [0.15, 0.2) is 0 Å². The second kappa shape index (κ2) is 6.69. The molecule has 2 N–H and O–H groups in total. The Morgan fingerprint density at radius 3 is 2.61 bits per heavy atom. The van der Waals surface area contributed by atoms with Crippen molar-refractivity contribution >= 4 is 23.2 Å². The number of benzene rings is 2. The van der Waals surface area contributed by atoms with Crippen LogP contribution in [-0.4, -0.2) is 32.1 Å². The molecular formula is C21H19Cl2N3O2. The average molecular weight is 416 g/mol. The molecule has 144 valence electrons. The minimum absolute atomic E-state index is 0.00190. The molecule has 1 saturated carbocycles. The van der Waals surface area contributed by atoms with Crippen molar-refractivity contribution in [2.75, 3.05) is 6.54 Å². The fourth-order valence-electron chi connectivity index (χ4n) is 4.26. The number of aromatic amines is 1. The lowest BCUT2D eigenvalue weighted by atomic mass is 9.83. The Kier molecular flexibility index (Phi) is 4.27. The van der Waals surface area contributed by atoms with E-state index in [9.17, 15) is 9.90 Å². The van der Waals surface area contributed by atoms with Crippen LogP contribution in [0.4, 0.5) is 0 Å². The highest BCUT2D eigenvalue weighted by atomic mass is 35.5. The van der Waals surface area contributed by atoms with E-state index in [1.165, 1.54) is 23.6 Å². The van der Waals surface area contributed by atoms with Crippen LogP contribution in [0.5, 0.6) is 5.88 Å². The first kappa shape index (κ1) is 17.9. The third-order valence-corrected chi connectivity index (χ3v) is 6.28. The summed E-state index contributed by atoms with van der Waals surface area (Å²) in [7, 11) is 0. The van der Waals surface area contributed by atoms with Crippen molar-refractivity contribution in [3.63, 3.8) is 0 Å². The zero-order chi connectivity index (χ0) is 19.4. The largest absolute Gasteiger partial charge is 0.493 e. The molecule has 2 aromatic carbocycles. The fraction of sp³-hybridized carbons (Fsp3) is 0.286. The molecule has 2 aliphatic rings. The molecule has 5 nitrogen and oxygen atoms in total. The summed E-state index contributed by atoms with van der Waals surface area (Å²) in [4.78, 5) is 17.3. The Morgan fingerprint density at radius 1 is 1.11 bits per heavy atom.